The number of halogens is 1. The van der Waals surface area contributed by atoms with Crippen LogP contribution in [0.15, 0.2) is 30.5 Å². The molecule has 2 amide bonds. The normalized spacial score (nSPS) is 14.7. The Balaban J connectivity index is 1.57. The molecule has 1 aromatic carbocycles. The van der Waals surface area contributed by atoms with E-state index in [0.29, 0.717) is 10.7 Å². The first-order valence-corrected chi connectivity index (χ1v) is 8.09. The minimum absolute atomic E-state index is 0.331. The Morgan fingerprint density at radius 2 is 2.26 bits per heavy atom. The number of nitrogens with one attached hydrogen (secondary N) is 2. The van der Waals surface area contributed by atoms with Crippen LogP contribution >= 0.6 is 11.3 Å². The van der Waals surface area contributed by atoms with Gasteiger partial charge in [0, 0.05) is 36.2 Å². The van der Waals surface area contributed by atoms with Gasteiger partial charge >= 0.3 is 6.03 Å². The number of aromatic nitrogens is 1. The number of likely N-dealkylation sites (N-methyl/N-ethyl adjacent to an activating group) is 1. The molecule has 7 heteroatoms. The van der Waals surface area contributed by atoms with Crippen molar-refractivity contribution in [1.82, 2.24) is 15.2 Å². The van der Waals surface area contributed by atoms with Gasteiger partial charge in [-0.2, -0.15) is 0 Å². The number of hydrogen-bond donors (Lipinski definition) is 2. The van der Waals surface area contributed by atoms with Gasteiger partial charge in [0.25, 0.3) is 0 Å². The maximum atomic E-state index is 13.4. The average Bonchev–Trinajstić information content (AvgIpc) is 2.90. The molecule has 0 saturated carbocycles. The van der Waals surface area contributed by atoms with E-state index in [4.69, 9.17) is 0 Å². The molecule has 0 atom stereocenters. The predicted molar refractivity (Wildman–Crippen MR) is 89.7 cm³/mol. The van der Waals surface area contributed by atoms with Gasteiger partial charge in [-0.05, 0) is 19.2 Å². The second kappa shape index (κ2) is 6.89. The van der Waals surface area contributed by atoms with Gasteiger partial charge < -0.3 is 10.2 Å². The summed E-state index contributed by atoms with van der Waals surface area (Å²) >= 11 is 1.49. The summed E-state index contributed by atoms with van der Waals surface area (Å²) in [5.41, 5.74) is 1.48. The summed E-state index contributed by atoms with van der Waals surface area (Å²) < 4.78 is 13.4. The molecule has 0 bridgehead atoms. The van der Waals surface area contributed by atoms with Crippen LogP contribution in [0.3, 0.4) is 0 Å². The van der Waals surface area contributed by atoms with E-state index in [-0.39, 0.29) is 5.82 Å². The van der Waals surface area contributed by atoms with Crippen LogP contribution in [-0.4, -0.2) is 29.5 Å². The van der Waals surface area contributed by atoms with Gasteiger partial charge in [-0.15, -0.1) is 11.3 Å². The molecule has 3 rings (SSSR count). The quantitative estimate of drug-likeness (QED) is 0.908. The Kier molecular flexibility index (Phi) is 4.68. The first-order chi connectivity index (χ1) is 11.1. The number of fused-ring (bicyclic) bond motifs is 1. The Morgan fingerprint density at radius 3 is 3.09 bits per heavy atom. The zero-order chi connectivity index (χ0) is 16.2. The van der Waals surface area contributed by atoms with Gasteiger partial charge in [-0.25, -0.2) is 14.2 Å². The predicted octanol–water partition coefficient (Wildman–Crippen LogP) is 3.06. The van der Waals surface area contributed by atoms with Crippen molar-refractivity contribution in [1.29, 1.82) is 0 Å². The largest absolute Gasteiger partial charge is 0.325 e. The third-order valence-corrected chi connectivity index (χ3v) is 4.52. The molecule has 1 aromatic heterocycles. The number of rotatable bonds is 3. The van der Waals surface area contributed by atoms with E-state index in [1.54, 1.807) is 18.2 Å². The molecule has 0 radical (unpaired) electrons. The maximum absolute atomic E-state index is 13.4. The van der Waals surface area contributed by atoms with Crippen LogP contribution < -0.4 is 10.6 Å². The molecule has 0 unspecified atom stereocenters. The Labute approximate surface area is 137 Å². The topological polar surface area (TPSA) is 57.3 Å². The lowest BCUT2D eigenvalue weighted by molar-refractivity contribution is 0.255. The van der Waals surface area contributed by atoms with Crippen molar-refractivity contribution in [2.24, 2.45) is 0 Å². The summed E-state index contributed by atoms with van der Waals surface area (Å²) in [5, 5.41) is 5.85. The summed E-state index contributed by atoms with van der Waals surface area (Å²) in [7, 11) is 2.07. The molecular formula is C16H17FN4OS. The minimum Gasteiger partial charge on any atom is -0.314 e. The molecule has 120 valence electrons. The highest BCUT2D eigenvalue weighted by atomic mass is 32.1. The van der Waals surface area contributed by atoms with Crippen LogP contribution in [0.25, 0.3) is 6.08 Å². The molecule has 0 aliphatic carbocycles. The van der Waals surface area contributed by atoms with Gasteiger partial charge in [0.15, 0.2) is 5.13 Å². The van der Waals surface area contributed by atoms with E-state index < -0.39 is 6.03 Å². The number of amides is 2. The molecule has 1 aliphatic rings. The summed E-state index contributed by atoms with van der Waals surface area (Å²) in [4.78, 5) is 19.7. The van der Waals surface area contributed by atoms with E-state index in [1.165, 1.54) is 34.6 Å². The first kappa shape index (κ1) is 15.6. The number of carbonyl (C=O) groups excluding carboxylic acids is 1. The smallest absolute Gasteiger partial charge is 0.314 e. The van der Waals surface area contributed by atoms with Crippen molar-refractivity contribution in [3.8, 4) is 0 Å². The molecule has 0 spiro atoms. The Bertz CT molecular complexity index is 743. The summed E-state index contributed by atoms with van der Waals surface area (Å²) in [6.45, 7) is 1.84. The number of nitrogens with zero attached hydrogens (tertiary/aromatic N) is 2. The van der Waals surface area contributed by atoms with E-state index in [2.05, 4.69) is 27.6 Å². The van der Waals surface area contributed by atoms with Crippen molar-refractivity contribution in [3.05, 3.63) is 52.4 Å². The molecule has 23 heavy (non-hydrogen) atoms. The lowest BCUT2D eigenvalue weighted by atomic mass is 10.2. The van der Waals surface area contributed by atoms with Gasteiger partial charge in [0.05, 0.1) is 5.69 Å². The molecule has 0 fully saturated rings. The average molecular weight is 332 g/mol. The van der Waals surface area contributed by atoms with Gasteiger partial charge in [-0.1, -0.05) is 18.2 Å². The summed E-state index contributed by atoms with van der Waals surface area (Å²) in [6, 6.07) is 5.97. The lowest BCUT2D eigenvalue weighted by Crippen LogP contribution is -2.25. The Morgan fingerprint density at radius 1 is 1.43 bits per heavy atom. The highest BCUT2D eigenvalue weighted by molar-refractivity contribution is 7.15. The third-order valence-electron chi connectivity index (χ3n) is 3.53. The summed E-state index contributed by atoms with van der Waals surface area (Å²) in [6.07, 6.45) is 3.82. The van der Waals surface area contributed by atoms with E-state index in [9.17, 15) is 9.18 Å². The van der Waals surface area contributed by atoms with Crippen LogP contribution in [0.2, 0.25) is 0 Å². The standard InChI is InChI=1S/C16H17FN4OS/c1-21-9-7-13-14(10-21)23-16(19-13)20-15(22)18-8-6-11-4-2-3-5-12(11)17/h2-6,8H,7,9-10H2,1H3,(H2,18,19,20,22)/b8-6+. The lowest BCUT2D eigenvalue weighted by Gasteiger charge is -2.20. The van der Waals surface area contributed by atoms with Crippen LogP contribution in [0.5, 0.6) is 0 Å². The molecule has 2 aromatic rings. The van der Waals surface area contributed by atoms with Gasteiger partial charge in [-0.3, -0.25) is 5.32 Å². The number of carbonyl (C=O) groups is 1. The molecule has 5 nitrogen and oxygen atoms in total. The number of benzene rings is 1. The summed E-state index contributed by atoms with van der Waals surface area (Å²) in [5.74, 6) is -0.331. The molecule has 2 N–H and O–H groups in total. The monoisotopic (exact) mass is 332 g/mol. The molecular weight excluding hydrogens is 315 g/mol. The zero-order valence-electron chi connectivity index (χ0n) is 12.7. The maximum Gasteiger partial charge on any atom is 0.325 e. The van der Waals surface area contributed by atoms with Crippen molar-refractivity contribution in [2.45, 2.75) is 13.0 Å². The van der Waals surface area contributed by atoms with Crippen LogP contribution in [0, 0.1) is 5.82 Å². The highest BCUT2D eigenvalue weighted by Gasteiger charge is 2.18. The van der Waals surface area contributed by atoms with Crippen molar-refractivity contribution < 1.29 is 9.18 Å². The first-order valence-electron chi connectivity index (χ1n) is 7.27. The SMILES string of the molecule is CN1CCc2nc(NC(=O)N/C=C/c3ccccc3F)sc2C1. The third kappa shape index (κ3) is 3.94. The van der Waals surface area contributed by atoms with E-state index in [1.807, 2.05) is 0 Å². The number of urea groups is 1. The van der Waals surface area contributed by atoms with Crippen LogP contribution in [0.1, 0.15) is 16.1 Å². The van der Waals surface area contributed by atoms with Crippen LogP contribution in [0.4, 0.5) is 14.3 Å². The minimum atomic E-state index is -0.392. The van der Waals surface area contributed by atoms with E-state index in [0.717, 1.165) is 25.2 Å². The fourth-order valence-electron chi connectivity index (χ4n) is 2.33. The fourth-order valence-corrected chi connectivity index (χ4v) is 3.41. The highest BCUT2D eigenvalue weighted by Crippen LogP contribution is 2.27. The second-order valence-corrected chi connectivity index (χ2v) is 6.41. The zero-order valence-corrected chi connectivity index (χ0v) is 13.5. The fraction of sp³-hybridized carbons (Fsp3) is 0.250. The van der Waals surface area contributed by atoms with E-state index >= 15 is 0 Å². The van der Waals surface area contributed by atoms with Crippen molar-refractivity contribution >= 4 is 28.6 Å². The van der Waals surface area contributed by atoms with Gasteiger partial charge in [0.2, 0.25) is 0 Å². The van der Waals surface area contributed by atoms with Crippen molar-refractivity contribution in [2.75, 3.05) is 18.9 Å². The molecule has 1 aliphatic heterocycles. The Hall–Kier alpha value is -2.25. The van der Waals surface area contributed by atoms with Gasteiger partial charge in [0.1, 0.15) is 5.82 Å². The molecule has 2 heterocycles. The number of anilines is 1. The van der Waals surface area contributed by atoms with Crippen molar-refractivity contribution in [3.63, 3.8) is 0 Å². The van der Waals surface area contributed by atoms with Crippen LogP contribution in [-0.2, 0) is 13.0 Å². The number of thiazole rings is 1. The second-order valence-electron chi connectivity index (χ2n) is 5.33. The number of hydrogen-bond acceptors (Lipinski definition) is 4. The molecule has 0 saturated heterocycles.